The van der Waals surface area contributed by atoms with Crippen LogP contribution in [0.25, 0.3) is 0 Å². The summed E-state index contributed by atoms with van der Waals surface area (Å²) >= 11 is 6.24. The summed E-state index contributed by atoms with van der Waals surface area (Å²) < 4.78 is 26.9. The molecule has 0 aliphatic heterocycles. The molecule has 146 valence electrons. The van der Waals surface area contributed by atoms with E-state index >= 15 is 0 Å². The third kappa shape index (κ3) is 4.18. The monoisotopic (exact) mass is 408 g/mol. The van der Waals surface area contributed by atoms with Crippen LogP contribution in [0.1, 0.15) is 35.3 Å². The van der Waals surface area contributed by atoms with Crippen molar-refractivity contribution in [2.24, 2.45) is 0 Å². The predicted octanol–water partition coefficient (Wildman–Crippen LogP) is 4.26. The average Bonchev–Trinajstić information content (AvgIpc) is 2.64. The fraction of sp³-hybridized carbons (Fsp3) is 0.350. The van der Waals surface area contributed by atoms with Gasteiger partial charge in [0.2, 0.25) is 10.0 Å². The number of nitrogens with zero attached hydrogens (tertiary/aromatic N) is 2. The molecule has 7 heteroatoms. The summed E-state index contributed by atoms with van der Waals surface area (Å²) in [4.78, 5) is 14.6. The van der Waals surface area contributed by atoms with Gasteiger partial charge in [-0.05, 0) is 49.2 Å². The van der Waals surface area contributed by atoms with Gasteiger partial charge in [0.1, 0.15) is 0 Å². The summed E-state index contributed by atoms with van der Waals surface area (Å²) in [5.41, 5.74) is 2.97. The molecule has 2 aromatic carbocycles. The molecule has 0 aromatic heterocycles. The number of carbonyl (C=O) groups excluding carboxylic acids is 1. The van der Waals surface area contributed by atoms with E-state index in [4.69, 9.17) is 11.6 Å². The van der Waals surface area contributed by atoms with Crippen LogP contribution in [0.3, 0.4) is 0 Å². The SMILES string of the molecule is CCN(CC)S(=O)(=O)c1ccc(Cl)c(C(=O)N(C)c2cccc(C)c2C)c1. The molecule has 0 saturated carbocycles. The Balaban J connectivity index is 2.50. The van der Waals surface area contributed by atoms with E-state index in [1.54, 1.807) is 20.9 Å². The summed E-state index contributed by atoms with van der Waals surface area (Å²) in [6.45, 7) is 8.17. The Hall–Kier alpha value is -1.89. The maximum absolute atomic E-state index is 13.1. The molecule has 0 bridgehead atoms. The highest BCUT2D eigenvalue weighted by Crippen LogP contribution is 2.27. The number of benzene rings is 2. The van der Waals surface area contributed by atoms with Crippen LogP contribution in [0, 0.1) is 13.8 Å². The molecular weight excluding hydrogens is 384 g/mol. The zero-order valence-electron chi connectivity index (χ0n) is 16.3. The molecule has 0 unspecified atom stereocenters. The molecule has 0 atom stereocenters. The van der Waals surface area contributed by atoms with Crippen LogP contribution in [-0.4, -0.2) is 38.8 Å². The standard InChI is InChI=1S/C20H25ClN2O3S/c1-6-23(7-2)27(25,26)16-11-12-18(21)17(13-16)20(24)22(5)19-10-8-9-14(3)15(19)4/h8-13H,6-7H2,1-5H3. The Bertz CT molecular complexity index is 954. The molecule has 1 amide bonds. The van der Waals surface area contributed by atoms with E-state index in [9.17, 15) is 13.2 Å². The molecular formula is C20H25ClN2O3S. The lowest BCUT2D eigenvalue weighted by molar-refractivity contribution is 0.0993. The van der Waals surface area contributed by atoms with E-state index in [0.29, 0.717) is 13.1 Å². The van der Waals surface area contributed by atoms with Crippen molar-refractivity contribution in [1.82, 2.24) is 4.31 Å². The van der Waals surface area contributed by atoms with Gasteiger partial charge in [-0.2, -0.15) is 4.31 Å². The maximum atomic E-state index is 13.1. The summed E-state index contributed by atoms with van der Waals surface area (Å²) in [6, 6.07) is 9.96. The fourth-order valence-corrected chi connectivity index (χ4v) is 4.61. The highest BCUT2D eigenvalue weighted by atomic mass is 35.5. The van der Waals surface area contributed by atoms with Gasteiger partial charge in [-0.1, -0.05) is 37.6 Å². The lowest BCUT2D eigenvalue weighted by atomic mass is 10.1. The first-order chi connectivity index (χ1) is 12.6. The number of anilines is 1. The van der Waals surface area contributed by atoms with Crippen molar-refractivity contribution in [3.8, 4) is 0 Å². The smallest absolute Gasteiger partial charge is 0.259 e. The molecule has 2 aromatic rings. The minimum atomic E-state index is -3.68. The number of hydrogen-bond donors (Lipinski definition) is 0. The Morgan fingerprint density at radius 1 is 1.07 bits per heavy atom. The first-order valence-corrected chi connectivity index (χ1v) is 10.6. The van der Waals surface area contributed by atoms with E-state index in [2.05, 4.69) is 0 Å². The van der Waals surface area contributed by atoms with Crippen LogP contribution in [0.2, 0.25) is 5.02 Å². The third-order valence-electron chi connectivity index (χ3n) is 4.75. The maximum Gasteiger partial charge on any atom is 0.259 e. The van der Waals surface area contributed by atoms with Gasteiger partial charge in [0.25, 0.3) is 5.91 Å². The highest BCUT2D eigenvalue weighted by Gasteiger charge is 2.25. The van der Waals surface area contributed by atoms with Crippen molar-refractivity contribution >= 4 is 33.2 Å². The highest BCUT2D eigenvalue weighted by molar-refractivity contribution is 7.89. The van der Waals surface area contributed by atoms with Crippen LogP contribution in [0.5, 0.6) is 0 Å². The van der Waals surface area contributed by atoms with Gasteiger partial charge in [-0.25, -0.2) is 8.42 Å². The summed E-state index contributed by atoms with van der Waals surface area (Å²) in [7, 11) is -2.02. The molecule has 0 N–H and O–H groups in total. The van der Waals surface area contributed by atoms with E-state index in [-0.39, 0.29) is 21.4 Å². The van der Waals surface area contributed by atoms with E-state index in [1.165, 1.54) is 27.4 Å². The Labute approximate surface area is 166 Å². The minimum absolute atomic E-state index is 0.0633. The molecule has 0 fully saturated rings. The number of amides is 1. The second-order valence-corrected chi connectivity index (χ2v) is 8.66. The van der Waals surface area contributed by atoms with Gasteiger partial charge >= 0.3 is 0 Å². The summed E-state index contributed by atoms with van der Waals surface area (Å²) in [6.07, 6.45) is 0. The molecule has 0 spiro atoms. The first kappa shape index (κ1) is 21.4. The minimum Gasteiger partial charge on any atom is -0.311 e. The van der Waals surface area contributed by atoms with Crippen LogP contribution in [-0.2, 0) is 10.0 Å². The van der Waals surface area contributed by atoms with Gasteiger partial charge in [0.15, 0.2) is 0 Å². The quantitative estimate of drug-likeness (QED) is 0.717. The van der Waals surface area contributed by atoms with E-state index in [0.717, 1.165) is 16.8 Å². The van der Waals surface area contributed by atoms with Crippen LogP contribution in [0.15, 0.2) is 41.3 Å². The summed E-state index contributed by atoms with van der Waals surface area (Å²) in [5.74, 6) is -0.356. The van der Waals surface area contributed by atoms with Crippen molar-refractivity contribution in [3.63, 3.8) is 0 Å². The van der Waals surface area contributed by atoms with Gasteiger partial charge in [-0.15, -0.1) is 0 Å². The van der Waals surface area contributed by atoms with Crippen molar-refractivity contribution < 1.29 is 13.2 Å². The zero-order chi connectivity index (χ0) is 20.4. The number of aryl methyl sites for hydroxylation is 1. The largest absolute Gasteiger partial charge is 0.311 e. The average molecular weight is 409 g/mol. The second kappa shape index (κ2) is 8.42. The fourth-order valence-electron chi connectivity index (χ4n) is 2.93. The number of sulfonamides is 1. The molecule has 0 radical (unpaired) electrons. The van der Waals surface area contributed by atoms with Crippen molar-refractivity contribution in [2.45, 2.75) is 32.6 Å². The Kier molecular flexibility index (Phi) is 6.68. The van der Waals surface area contributed by atoms with Gasteiger partial charge in [0.05, 0.1) is 15.5 Å². The number of halogens is 1. The molecule has 27 heavy (non-hydrogen) atoms. The lowest BCUT2D eigenvalue weighted by Crippen LogP contribution is -2.31. The van der Waals surface area contributed by atoms with Gasteiger partial charge in [-0.3, -0.25) is 4.79 Å². The number of rotatable bonds is 6. The molecule has 0 aliphatic rings. The normalized spacial score (nSPS) is 11.7. The predicted molar refractivity (Wildman–Crippen MR) is 110 cm³/mol. The summed E-state index contributed by atoms with van der Waals surface area (Å²) in [5, 5.41) is 0.218. The molecule has 2 rings (SSSR count). The van der Waals surface area contributed by atoms with Crippen LogP contribution < -0.4 is 4.90 Å². The molecule has 0 aliphatic carbocycles. The molecule has 0 heterocycles. The third-order valence-corrected chi connectivity index (χ3v) is 7.13. The molecule has 5 nitrogen and oxygen atoms in total. The van der Waals surface area contributed by atoms with Crippen LogP contribution >= 0.6 is 11.6 Å². The van der Waals surface area contributed by atoms with Crippen molar-refractivity contribution in [3.05, 3.63) is 58.1 Å². The van der Waals surface area contributed by atoms with Crippen molar-refractivity contribution in [1.29, 1.82) is 0 Å². The van der Waals surface area contributed by atoms with Gasteiger partial charge < -0.3 is 4.90 Å². The number of hydrogen-bond acceptors (Lipinski definition) is 3. The Morgan fingerprint density at radius 2 is 1.70 bits per heavy atom. The second-order valence-electron chi connectivity index (χ2n) is 6.31. The van der Waals surface area contributed by atoms with E-state index in [1.807, 2.05) is 32.0 Å². The topological polar surface area (TPSA) is 57.7 Å². The number of carbonyl (C=O) groups is 1. The lowest BCUT2D eigenvalue weighted by Gasteiger charge is -2.22. The van der Waals surface area contributed by atoms with Crippen molar-refractivity contribution in [2.75, 3.05) is 25.0 Å². The first-order valence-electron chi connectivity index (χ1n) is 8.79. The van der Waals surface area contributed by atoms with Crippen LogP contribution in [0.4, 0.5) is 5.69 Å². The zero-order valence-corrected chi connectivity index (χ0v) is 17.9. The Morgan fingerprint density at radius 3 is 2.30 bits per heavy atom. The van der Waals surface area contributed by atoms with E-state index < -0.39 is 10.0 Å². The van der Waals surface area contributed by atoms with Gasteiger partial charge in [0, 0.05) is 25.8 Å². The molecule has 0 saturated heterocycles.